The lowest BCUT2D eigenvalue weighted by Crippen LogP contribution is -2.44. The van der Waals surface area contributed by atoms with Crippen molar-refractivity contribution in [2.45, 2.75) is 45.2 Å². The lowest BCUT2D eigenvalue weighted by Gasteiger charge is -2.42. The average Bonchev–Trinajstić information content (AvgIpc) is 3.11. The summed E-state index contributed by atoms with van der Waals surface area (Å²) in [6.07, 6.45) is 3.43. The van der Waals surface area contributed by atoms with E-state index >= 15 is 0 Å². The number of hydrogen-bond acceptors (Lipinski definition) is 6. The quantitative estimate of drug-likeness (QED) is 0.765. The third-order valence-corrected chi connectivity index (χ3v) is 4.99. The van der Waals surface area contributed by atoms with Gasteiger partial charge in [-0.1, -0.05) is 42.4 Å². The van der Waals surface area contributed by atoms with Crippen molar-refractivity contribution < 1.29 is 14.4 Å². The molecule has 0 saturated carbocycles. The first-order valence-corrected chi connectivity index (χ1v) is 9.06. The van der Waals surface area contributed by atoms with E-state index in [2.05, 4.69) is 34.5 Å². The fraction of sp³-hybridized carbons (Fsp3) is 0.579. The molecule has 0 aliphatic carbocycles. The summed E-state index contributed by atoms with van der Waals surface area (Å²) in [6.45, 7) is 4.07. The molecule has 136 valence electrons. The Hall–Kier alpha value is -1.76. The molecule has 3 rings (SSSR count). The van der Waals surface area contributed by atoms with Gasteiger partial charge in [-0.25, -0.2) is 0 Å². The van der Waals surface area contributed by atoms with Crippen LogP contribution in [0.5, 0.6) is 0 Å². The molecule has 1 aliphatic heterocycles. The fourth-order valence-electron chi connectivity index (χ4n) is 3.52. The number of aliphatic hydroxyl groups is 1. The van der Waals surface area contributed by atoms with E-state index in [4.69, 9.17) is 9.26 Å². The van der Waals surface area contributed by atoms with Crippen LogP contribution in [-0.4, -0.2) is 35.1 Å². The predicted molar refractivity (Wildman–Crippen MR) is 93.9 cm³/mol. The zero-order valence-electron chi connectivity index (χ0n) is 14.8. The van der Waals surface area contributed by atoms with Crippen LogP contribution < -0.4 is 5.32 Å². The molecule has 0 bridgehead atoms. The molecule has 1 unspecified atom stereocenters. The van der Waals surface area contributed by atoms with E-state index in [-0.39, 0.29) is 18.1 Å². The normalized spacial score (nSPS) is 18.2. The van der Waals surface area contributed by atoms with Gasteiger partial charge in [0.1, 0.15) is 0 Å². The molecule has 0 spiro atoms. The second kappa shape index (κ2) is 8.56. The maximum absolute atomic E-state index is 10.2. The predicted octanol–water partition coefficient (Wildman–Crippen LogP) is 2.64. The van der Waals surface area contributed by atoms with Gasteiger partial charge in [0.2, 0.25) is 5.89 Å². The number of ether oxygens (including phenoxy) is 1. The summed E-state index contributed by atoms with van der Waals surface area (Å²) in [5, 5.41) is 17.8. The lowest BCUT2D eigenvalue weighted by molar-refractivity contribution is -0.0388. The van der Waals surface area contributed by atoms with Crippen LogP contribution in [0.1, 0.15) is 49.5 Å². The molecule has 1 aromatic heterocycles. The minimum Gasteiger partial charge on any atom is -0.396 e. The van der Waals surface area contributed by atoms with Crippen molar-refractivity contribution in [1.82, 2.24) is 15.5 Å². The van der Waals surface area contributed by atoms with Crippen molar-refractivity contribution in [1.29, 1.82) is 0 Å². The maximum atomic E-state index is 10.2. The zero-order valence-corrected chi connectivity index (χ0v) is 14.8. The van der Waals surface area contributed by atoms with Crippen LogP contribution in [0.3, 0.4) is 0 Å². The molecular formula is C19H27N3O3. The monoisotopic (exact) mass is 345 g/mol. The molecule has 1 atom stereocenters. The minimum absolute atomic E-state index is 0.00993. The third kappa shape index (κ3) is 4.26. The maximum Gasteiger partial charge on any atom is 0.226 e. The zero-order chi connectivity index (χ0) is 17.5. The minimum atomic E-state index is -0.240. The summed E-state index contributed by atoms with van der Waals surface area (Å²) in [4.78, 5) is 4.43. The number of nitrogens with zero attached hydrogens (tertiary/aromatic N) is 2. The second-order valence-corrected chi connectivity index (χ2v) is 6.71. The SMILES string of the molecule is CCCc1nc(CNC(c2ccccc2)C2(CO)CCOCC2)no1. The summed E-state index contributed by atoms with van der Waals surface area (Å²) in [6, 6.07) is 10.3. The summed E-state index contributed by atoms with van der Waals surface area (Å²) < 4.78 is 10.8. The van der Waals surface area contributed by atoms with E-state index in [1.165, 1.54) is 0 Å². The Morgan fingerprint density at radius 3 is 2.68 bits per heavy atom. The van der Waals surface area contributed by atoms with E-state index in [9.17, 15) is 5.11 Å². The van der Waals surface area contributed by atoms with Gasteiger partial charge in [-0.05, 0) is 24.8 Å². The number of aryl methyl sites for hydroxylation is 1. The van der Waals surface area contributed by atoms with Crippen LogP contribution >= 0.6 is 0 Å². The van der Waals surface area contributed by atoms with Crippen LogP contribution in [0.4, 0.5) is 0 Å². The molecule has 1 fully saturated rings. The van der Waals surface area contributed by atoms with Crippen molar-refractivity contribution >= 4 is 0 Å². The Morgan fingerprint density at radius 2 is 2.00 bits per heavy atom. The standard InChI is InChI=1S/C19H27N3O3/c1-2-6-17-21-16(22-25-17)13-20-18(15-7-4-3-5-8-15)19(14-23)9-11-24-12-10-19/h3-5,7-8,18,20,23H,2,6,9-14H2,1H3. The number of aliphatic hydroxyl groups excluding tert-OH is 1. The Balaban J connectivity index is 1.78. The average molecular weight is 345 g/mol. The Morgan fingerprint density at radius 1 is 1.24 bits per heavy atom. The first kappa shape index (κ1) is 18.0. The Bertz CT molecular complexity index is 638. The van der Waals surface area contributed by atoms with Crippen LogP contribution in [0, 0.1) is 5.41 Å². The molecule has 2 heterocycles. The van der Waals surface area contributed by atoms with E-state index in [1.54, 1.807) is 0 Å². The van der Waals surface area contributed by atoms with Gasteiger partial charge in [0.05, 0.1) is 13.2 Å². The highest BCUT2D eigenvalue weighted by atomic mass is 16.5. The molecule has 0 radical (unpaired) electrons. The molecule has 25 heavy (non-hydrogen) atoms. The van der Waals surface area contributed by atoms with Gasteiger partial charge in [0.15, 0.2) is 5.82 Å². The summed E-state index contributed by atoms with van der Waals surface area (Å²) in [5.74, 6) is 1.34. The molecule has 0 amide bonds. The van der Waals surface area contributed by atoms with E-state index < -0.39 is 0 Å². The molecule has 1 aromatic carbocycles. The Labute approximate surface area is 148 Å². The van der Waals surface area contributed by atoms with Crippen molar-refractivity contribution in [3.8, 4) is 0 Å². The van der Waals surface area contributed by atoms with Gasteiger partial charge in [-0.2, -0.15) is 4.98 Å². The smallest absolute Gasteiger partial charge is 0.226 e. The number of aromatic nitrogens is 2. The first-order chi connectivity index (χ1) is 12.3. The number of rotatable bonds is 8. The molecule has 6 heteroatoms. The van der Waals surface area contributed by atoms with Crippen molar-refractivity contribution in [2.24, 2.45) is 5.41 Å². The topological polar surface area (TPSA) is 80.4 Å². The van der Waals surface area contributed by atoms with Gasteiger partial charge in [0.25, 0.3) is 0 Å². The summed E-state index contributed by atoms with van der Waals surface area (Å²) in [7, 11) is 0. The van der Waals surface area contributed by atoms with E-state index in [1.807, 2.05) is 18.2 Å². The van der Waals surface area contributed by atoms with Crippen LogP contribution in [0.15, 0.2) is 34.9 Å². The van der Waals surface area contributed by atoms with Gasteiger partial charge in [-0.3, -0.25) is 0 Å². The number of benzene rings is 1. The van der Waals surface area contributed by atoms with Gasteiger partial charge in [0, 0.05) is 31.1 Å². The van der Waals surface area contributed by atoms with Crippen LogP contribution in [-0.2, 0) is 17.7 Å². The largest absolute Gasteiger partial charge is 0.396 e. The molecule has 1 aliphatic rings. The molecule has 6 nitrogen and oxygen atoms in total. The van der Waals surface area contributed by atoms with E-state index in [0.717, 1.165) is 31.2 Å². The second-order valence-electron chi connectivity index (χ2n) is 6.71. The number of hydrogen-bond donors (Lipinski definition) is 2. The molecule has 2 aromatic rings. The molecular weight excluding hydrogens is 318 g/mol. The highest BCUT2D eigenvalue weighted by molar-refractivity contribution is 5.22. The van der Waals surface area contributed by atoms with Crippen LogP contribution in [0.25, 0.3) is 0 Å². The van der Waals surface area contributed by atoms with Crippen molar-refractivity contribution in [3.05, 3.63) is 47.6 Å². The lowest BCUT2D eigenvalue weighted by atomic mass is 9.72. The van der Waals surface area contributed by atoms with Gasteiger partial charge < -0.3 is 19.7 Å². The highest BCUT2D eigenvalue weighted by Crippen LogP contribution is 2.42. The van der Waals surface area contributed by atoms with Crippen molar-refractivity contribution in [2.75, 3.05) is 19.8 Å². The van der Waals surface area contributed by atoms with Crippen molar-refractivity contribution in [3.63, 3.8) is 0 Å². The number of nitrogens with one attached hydrogen (secondary N) is 1. The van der Waals surface area contributed by atoms with Gasteiger partial charge >= 0.3 is 0 Å². The van der Waals surface area contributed by atoms with Crippen LogP contribution in [0.2, 0.25) is 0 Å². The molecule has 1 saturated heterocycles. The summed E-state index contributed by atoms with van der Waals surface area (Å²) >= 11 is 0. The molecule has 2 N–H and O–H groups in total. The van der Waals surface area contributed by atoms with E-state index in [0.29, 0.717) is 31.5 Å². The first-order valence-electron chi connectivity index (χ1n) is 9.06. The highest BCUT2D eigenvalue weighted by Gasteiger charge is 2.40. The Kier molecular flexibility index (Phi) is 6.18. The fourth-order valence-corrected chi connectivity index (χ4v) is 3.52. The summed E-state index contributed by atoms with van der Waals surface area (Å²) in [5.41, 5.74) is 0.922. The van der Waals surface area contributed by atoms with Gasteiger partial charge in [-0.15, -0.1) is 0 Å². The third-order valence-electron chi connectivity index (χ3n) is 4.99.